The van der Waals surface area contributed by atoms with Crippen LogP contribution in [0.5, 0.6) is 5.75 Å². The molecule has 1 rings (SSSR count). The molecule has 0 aliphatic heterocycles. The van der Waals surface area contributed by atoms with Crippen molar-refractivity contribution < 1.29 is 5.11 Å². The number of aromatic hydroxyl groups is 1. The Morgan fingerprint density at radius 3 is 1.86 bits per heavy atom. The van der Waals surface area contributed by atoms with E-state index in [0.717, 1.165) is 16.7 Å². The smallest absolute Gasteiger partial charge is 0.178 e. The fourth-order valence-corrected chi connectivity index (χ4v) is 2.25. The van der Waals surface area contributed by atoms with Gasteiger partial charge in [-0.15, -0.1) is 0 Å². The zero-order chi connectivity index (χ0) is 16.4. The fraction of sp³-hybridized carbons (Fsp3) is 0.562. The number of phenols is 1. The van der Waals surface area contributed by atoms with Gasteiger partial charge in [-0.05, 0) is 39.7 Å². The maximum absolute atomic E-state index is 10.6. The summed E-state index contributed by atoms with van der Waals surface area (Å²) in [4.78, 5) is 0. The fourth-order valence-electron chi connectivity index (χ4n) is 2.17. The Kier molecular flexibility index (Phi) is 5.23. The van der Waals surface area contributed by atoms with Crippen molar-refractivity contribution in [1.82, 2.24) is 10.9 Å². The molecule has 5 N–H and O–H groups in total. The first-order chi connectivity index (χ1) is 9.43. The van der Waals surface area contributed by atoms with Crippen molar-refractivity contribution in [3.05, 3.63) is 28.8 Å². The molecule has 0 heterocycles. The van der Waals surface area contributed by atoms with E-state index in [0.29, 0.717) is 12.3 Å². The van der Waals surface area contributed by atoms with Crippen molar-refractivity contribution in [1.29, 1.82) is 0 Å². The van der Waals surface area contributed by atoms with Gasteiger partial charge in [0.25, 0.3) is 0 Å². The highest BCUT2D eigenvalue weighted by atomic mass is 32.1. The van der Waals surface area contributed by atoms with Crippen LogP contribution in [-0.4, -0.2) is 10.2 Å². The van der Waals surface area contributed by atoms with Gasteiger partial charge in [0.15, 0.2) is 5.11 Å². The van der Waals surface area contributed by atoms with E-state index in [2.05, 4.69) is 52.4 Å². The first-order valence-electron chi connectivity index (χ1n) is 7.08. The highest BCUT2D eigenvalue weighted by Crippen LogP contribution is 2.39. The summed E-state index contributed by atoms with van der Waals surface area (Å²) in [5.74, 6) is 0.390. The average Bonchev–Trinajstić information content (AvgIpc) is 2.27. The molecule has 0 fully saturated rings. The van der Waals surface area contributed by atoms with Gasteiger partial charge in [-0.3, -0.25) is 5.43 Å². The second kappa shape index (κ2) is 6.20. The minimum atomic E-state index is -0.128. The summed E-state index contributed by atoms with van der Waals surface area (Å²) in [5, 5.41) is 10.8. The third-order valence-corrected chi connectivity index (χ3v) is 3.39. The first kappa shape index (κ1) is 17.7. The van der Waals surface area contributed by atoms with Crippen molar-refractivity contribution in [2.24, 2.45) is 5.73 Å². The minimum Gasteiger partial charge on any atom is -0.507 e. The summed E-state index contributed by atoms with van der Waals surface area (Å²) in [6, 6.07) is 4.05. The molecule has 0 atom stereocenters. The van der Waals surface area contributed by atoms with Crippen LogP contribution >= 0.6 is 12.2 Å². The number of nitrogens with two attached hydrogens (primary N) is 1. The molecule has 0 saturated carbocycles. The predicted octanol–water partition coefficient (Wildman–Crippen LogP) is 2.83. The number of rotatable bonds is 3. The van der Waals surface area contributed by atoms with Gasteiger partial charge in [0.05, 0.1) is 0 Å². The molecule has 1 aromatic carbocycles. The summed E-state index contributed by atoms with van der Waals surface area (Å²) in [6.07, 6.45) is 0. The van der Waals surface area contributed by atoms with Crippen molar-refractivity contribution in [2.75, 3.05) is 0 Å². The minimum absolute atomic E-state index is 0.128. The standard InChI is InChI=1S/C16H27N3OS/c1-15(2,3)11-7-10(9-18-19-14(17)21)8-12(13(11)20)16(4,5)6/h7-8,18,20H,9H2,1-6H3,(H3,17,19,21). The Morgan fingerprint density at radius 1 is 1.10 bits per heavy atom. The van der Waals surface area contributed by atoms with Gasteiger partial charge >= 0.3 is 0 Å². The molecule has 0 saturated heterocycles. The maximum Gasteiger partial charge on any atom is 0.178 e. The molecule has 4 nitrogen and oxygen atoms in total. The molecule has 0 amide bonds. The third kappa shape index (κ3) is 4.86. The largest absolute Gasteiger partial charge is 0.507 e. The van der Waals surface area contributed by atoms with E-state index in [1.165, 1.54) is 0 Å². The number of hydrogen-bond donors (Lipinski definition) is 4. The number of hydrogen-bond acceptors (Lipinski definition) is 3. The molecule has 1 aromatic rings. The van der Waals surface area contributed by atoms with Gasteiger partial charge in [-0.2, -0.15) is 0 Å². The lowest BCUT2D eigenvalue weighted by molar-refractivity contribution is 0.422. The van der Waals surface area contributed by atoms with Crippen LogP contribution in [0.3, 0.4) is 0 Å². The van der Waals surface area contributed by atoms with Crippen LogP contribution in [0.25, 0.3) is 0 Å². The Morgan fingerprint density at radius 2 is 1.52 bits per heavy atom. The summed E-state index contributed by atoms with van der Waals surface area (Å²) in [5.41, 5.74) is 13.8. The van der Waals surface area contributed by atoms with E-state index in [1.807, 2.05) is 12.1 Å². The van der Waals surface area contributed by atoms with Crippen molar-refractivity contribution in [2.45, 2.75) is 58.9 Å². The molecule has 0 unspecified atom stereocenters. The zero-order valence-corrected chi connectivity index (χ0v) is 14.6. The lowest BCUT2D eigenvalue weighted by atomic mass is 9.78. The number of nitrogens with one attached hydrogen (secondary N) is 2. The van der Waals surface area contributed by atoms with Crippen LogP contribution in [0.1, 0.15) is 58.2 Å². The summed E-state index contributed by atoms with van der Waals surface area (Å²) < 4.78 is 0. The van der Waals surface area contributed by atoms with Gasteiger partial charge in [-0.25, -0.2) is 5.43 Å². The molecule has 118 valence electrons. The summed E-state index contributed by atoms with van der Waals surface area (Å²) >= 11 is 4.77. The highest BCUT2D eigenvalue weighted by Gasteiger charge is 2.26. The topological polar surface area (TPSA) is 70.3 Å². The Hall–Kier alpha value is -1.33. The number of phenolic OH excluding ortho intramolecular Hbond substituents is 1. The molecule has 0 aliphatic carbocycles. The van der Waals surface area contributed by atoms with Gasteiger partial charge < -0.3 is 10.8 Å². The van der Waals surface area contributed by atoms with E-state index in [1.54, 1.807) is 0 Å². The molecule has 0 radical (unpaired) electrons. The lowest BCUT2D eigenvalue weighted by Crippen LogP contribution is -2.40. The molecule has 0 bridgehead atoms. The van der Waals surface area contributed by atoms with Gasteiger partial charge in [0.2, 0.25) is 0 Å². The van der Waals surface area contributed by atoms with E-state index in [4.69, 9.17) is 18.0 Å². The number of thiocarbonyl (C=S) groups is 1. The van der Waals surface area contributed by atoms with E-state index in [-0.39, 0.29) is 15.9 Å². The summed E-state index contributed by atoms with van der Waals surface area (Å²) in [7, 11) is 0. The summed E-state index contributed by atoms with van der Waals surface area (Å²) in [6.45, 7) is 13.2. The van der Waals surface area contributed by atoms with Gasteiger partial charge in [0.1, 0.15) is 5.75 Å². The Bertz CT molecular complexity index is 492. The van der Waals surface area contributed by atoms with Gasteiger partial charge in [0, 0.05) is 6.54 Å². The highest BCUT2D eigenvalue weighted by molar-refractivity contribution is 7.80. The van der Waals surface area contributed by atoms with E-state index < -0.39 is 0 Å². The predicted molar refractivity (Wildman–Crippen MR) is 92.3 cm³/mol. The molecule has 0 aliphatic rings. The van der Waals surface area contributed by atoms with Crippen molar-refractivity contribution in [3.63, 3.8) is 0 Å². The molecular weight excluding hydrogens is 282 g/mol. The second-order valence-electron chi connectivity index (χ2n) is 7.38. The van der Waals surface area contributed by atoms with Crippen LogP contribution in [-0.2, 0) is 17.4 Å². The number of hydrazine groups is 1. The van der Waals surface area contributed by atoms with Crippen LogP contribution < -0.4 is 16.6 Å². The van der Waals surface area contributed by atoms with Crippen molar-refractivity contribution >= 4 is 17.3 Å². The van der Waals surface area contributed by atoms with Gasteiger partial charge in [-0.1, -0.05) is 53.7 Å². The Balaban J connectivity index is 3.24. The molecular formula is C16H27N3OS. The second-order valence-corrected chi connectivity index (χ2v) is 7.82. The SMILES string of the molecule is CC(C)(C)c1cc(CNNC(N)=S)cc(C(C)(C)C)c1O. The molecule has 21 heavy (non-hydrogen) atoms. The average molecular weight is 309 g/mol. The molecule has 0 spiro atoms. The third-order valence-electron chi connectivity index (χ3n) is 3.29. The molecule has 0 aromatic heterocycles. The molecule has 5 heteroatoms. The van der Waals surface area contributed by atoms with E-state index >= 15 is 0 Å². The zero-order valence-electron chi connectivity index (χ0n) is 13.8. The lowest BCUT2D eigenvalue weighted by Gasteiger charge is -2.28. The van der Waals surface area contributed by atoms with Crippen LogP contribution in [0.15, 0.2) is 12.1 Å². The van der Waals surface area contributed by atoms with Crippen molar-refractivity contribution in [3.8, 4) is 5.75 Å². The first-order valence-corrected chi connectivity index (χ1v) is 7.49. The maximum atomic E-state index is 10.6. The van der Waals surface area contributed by atoms with E-state index in [9.17, 15) is 5.11 Å². The normalized spacial score (nSPS) is 12.3. The van der Waals surface area contributed by atoms with Crippen LogP contribution in [0, 0.1) is 0 Å². The number of benzene rings is 1. The van der Waals surface area contributed by atoms with Crippen LogP contribution in [0.4, 0.5) is 0 Å². The quantitative estimate of drug-likeness (QED) is 0.510. The van der Waals surface area contributed by atoms with Crippen LogP contribution in [0.2, 0.25) is 0 Å². The monoisotopic (exact) mass is 309 g/mol. The Labute approximate surface area is 133 Å².